The molecule has 0 aliphatic carbocycles. The molecule has 5 nitrogen and oxygen atoms in total. The standard InChI is InChI=1S/C26H25ClF3N3O2/c1-3-23(34)32-12-5-11-25(15-32,21-6-4-7-22(27)17(21)2)31-19-9-8-18-10-13-33(16-26(28,29)30)24(35)20(18)14-19/h3-4,6-10,13-14,31H,1,5,11-12,15-16H2,2H3. The lowest BCUT2D eigenvalue weighted by atomic mass is 9.79. The lowest BCUT2D eigenvalue weighted by Gasteiger charge is -2.45. The van der Waals surface area contributed by atoms with Gasteiger partial charge in [-0.05, 0) is 66.6 Å². The van der Waals surface area contributed by atoms with Crippen LogP contribution < -0.4 is 10.9 Å². The first-order chi connectivity index (χ1) is 16.5. The monoisotopic (exact) mass is 503 g/mol. The number of hydrogen-bond acceptors (Lipinski definition) is 3. The van der Waals surface area contributed by atoms with Crippen LogP contribution in [0, 0.1) is 6.92 Å². The van der Waals surface area contributed by atoms with Crippen LogP contribution in [-0.2, 0) is 16.9 Å². The zero-order chi connectivity index (χ0) is 25.4. The van der Waals surface area contributed by atoms with Crippen molar-refractivity contribution in [2.75, 3.05) is 18.4 Å². The smallest absolute Gasteiger partial charge is 0.374 e. The molecule has 35 heavy (non-hydrogen) atoms. The first-order valence-electron chi connectivity index (χ1n) is 11.2. The highest BCUT2D eigenvalue weighted by molar-refractivity contribution is 6.31. The molecule has 0 bridgehead atoms. The number of aromatic nitrogens is 1. The van der Waals surface area contributed by atoms with Gasteiger partial charge in [-0.3, -0.25) is 9.59 Å². The van der Waals surface area contributed by atoms with E-state index in [0.717, 1.165) is 17.3 Å². The Labute approximate surface area is 205 Å². The number of nitrogens with zero attached hydrogens (tertiary/aromatic N) is 2. The second kappa shape index (κ2) is 9.41. The number of amides is 1. The molecule has 3 aromatic rings. The average molecular weight is 504 g/mol. The number of likely N-dealkylation sites (tertiary alicyclic amines) is 1. The number of anilines is 1. The predicted molar refractivity (Wildman–Crippen MR) is 132 cm³/mol. The lowest BCUT2D eigenvalue weighted by molar-refractivity contribution is -0.141. The van der Waals surface area contributed by atoms with E-state index >= 15 is 0 Å². The van der Waals surface area contributed by atoms with Crippen molar-refractivity contribution < 1.29 is 18.0 Å². The van der Waals surface area contributed by atoms with Crippen LogP contribution in [0.15, 0.2) is 66.1 Å². The highest BCUT2D eigenvalue weighted by Crippen LogP contribution is 2.39. The number of hydrogen-bond donors (Lipinski definition) is 1. The summed E-state index contributed by atoms with van der Waals surface area (Å²) >= 11 is 6.43. The van der Waals surface area contributed by atoms with Crippen molar-refractivity contribution in [3.8, 4) is 0 Å². The summed E-state index contributed by atoms with van der Waals surface area (Å²) in [5, 5.41) is 4.82. The van der Waals surface area contributed by atoms with E-state index in [1.54, 1.807) is 29.2 Å². The first-order valence-corrected chi connectivity index (χ1v) is 11.6. The Morgan fingerprint density at radius 2 is 2.03 bits per heavy atom. The van der Waals surface area contributed by atoms with Gasteiger partial charge in [0.2, 0.25) is 5.91 Å². The first kappa shape index (κ1) is 24.9. The van der Waals surface area contributed by atoms with Crippen LogP contribution in [0.25, 0.3) is 10.8 Å². The van der Waals surface area contributed by atoms with Crippen LogP contribution in [-0.4, -0.2) is 34.6 Å². The van der Waals surface area contributed by atoms with Crippen LogP contribution in [0.4, 0.5) is 18.9 Å². The zero-order valence-corrected chi connectivity index (χ0v) is 19.9. The van der Waals surface area contributed by atoms with Crippen LogP contribution in [0.2, 0.25) is 5.02 Å². The maximum Gasteiger partial charge on any atom is 0.406 e. The van der Waals surface area contributed by atoms with Crippen molar-refractivity contribution >= 4 is 34.0 Å². The topological polar surface area (TPSA) is 54.3 Å². The number of rotatable bonds is 5. The molecule has 1 fully saturated rings. The second-order valence-electron chi connectivity index (χ2n) is 8.85. The van der Waals surface area contributed by atoms with E-state index in [0.29, 0.717) is 46.6 Å². The molecule has 0 saturated carbocycles. The van der Waals surface area contributed by atoms with Crippen molar-refractivity contribution in [1.29, 1.82) is 0 Å². The fraction of sp³-hybridized carbons (Fsp3) is 0.308. The van der Waals surface area contributed by atoms with E-state index in [-0.39, 0.29) is 11.3 Å². The fourth-order valence-electron chi connectivity index (χ4n) is 4.84. The third-order valence-electron chi connectivity index (χ3n) is 6.47. The van der Waals surface area contributed by atoms with Gasteiger partial charge < -0.3 is 14.8 Å². The Bertz CT molecular complexity index is 1350. The van der Waals surface area contributed by atoms with Gasteiger partial charge in [-0.25, -0.2) is 0 Å². The third kappa shape index (κ3) is 5.07. The van der Waals surface area contributed by atoms with Crippen molar-refractivity contribution in [1.82, 2.24) is 9.47 Å². The Hall–Kier alpha value is -3.26. The maximum atomic E-state index is 12.9. The molecular weight excluding hydrogens is 479 g/mol. The van der Waals surface area contributed by atoms with Crippen molar-refractivity contribution in [2.24, 2.45) is 0 Å². The van der Waals surface area contributed by atoms with Crippen molar-refractivity contribution in [3.63, 3.8) is 0 Å². The molecule has 4 rings (SSSR count). The van der Waals surface area contributed by atoms with Crippen LogP contribution in [0.5, 0.6) is 0 Å². The Balaban J connectivity index is 1.81. The number of nitrogens with one attached hydrogen (secondary N) is 1. The van der Waals surface area contributed by atoms with E-state index in [1.807, 2.05) is 19.1 Å². The number of carbonyl (C=O) groups excluding carboxylic acids is 1. The molecular formula is C26H25ClF3N3O2. The van der Waals surface area contributed by atoms with Gasteiger partial charge in [-0.15, -0.1) is 0 Å². The number of pyridine rings is 1. The summed E-state index contributed by atoms with van der Waals surface area (Å²) in [5.41, 5.74) is 0.895. The van der Waals surface area contributed by atoms with Gasteiger partial charge in [0.15, 0.2) is 0 Å². The summed E-state index contributed by atoms with van der Waals surface area (Å²) < 4.78 is 39.4. The minimum Gasteiger partial charge on any atom is -0.374 e. The third-order valence-corrected chi connectivity index (χ3v) is 6.88. The van der Waals surface area contributed by atoms with E-state index in [9.17, 15) is 22.8 Å². The molecule has 0 radical (unpaired) electrons. The van der Waals surface area contributed by atoms with Gasteiger partial charge in [-0.1, -0.05) is 36.4 Å². The van der Waals surface area contributed by atoms with Gasteiger partial charge in [-0.2, -0.15) is 13.2 Å². The number of halogens is 4. The molecule has 1 aromatic heterocycles. The van der Waals surface area contributed by atoms with E-state index in [2.05, 4.69) is 11.9 Å². The zero-order valence-electron chi connectivity index (χ0n) is 19.2. The molecule has 1 unspecified atom stereocenters. The second-order valence-corrected chi connectivity index (χ2v) is 9.26. The molecule has 1 atom stereocenters. The summed E-state index contributed by atoms with van der Waals surface area (Å²) in [6.07, 6.45) is -0.683. The molecule has 1 amide bonds. The molecule has 1 saturated heterocycles. The number of piperidine rings is 1. The predicted octanol–water partition coefficient (Wildman–Crippen LogP) is 5.64. The summed E-state index contributed by atoms with van der Waals surface area (Å²) in [6, 6.07) is 12.1. The van der Waals surface area contributed by atoms with E-state index in [4.69, 9.17) is 11.6 Å². The Morgan fingerprint density at radius 1 is 1.26 bits per heavy atom. The highest BCUT2D eigenvalue weighted by Gasteiger charge is 2.39. The summed E-state index contributed by atoms with van der Waals surface area (Å²) in [6.45, 7) is 5.06. The molecule has 0 spiro atoms. The largest absolute Gasteiger partial charge is 0.406 e. The number of carbonyl (C=O) groups is 1. The SMILES string of the molecule is C=CC(=O)N1CCCC(Nc2ccc3ccn(CC(F)(F)F)c(=O)c3c2)(c2cccc(Cl)c2C)C1. The highest BCUT2D eigenvalue weighted by atomic mass is 35.5. The van der Waals surface area contributed by atoms with Gasteiger partial charge >= 0.3 is 6.18 Å². The molecule has 1 aliphatic rings. The Kier molecular flexibility index (Phi) is 6.68. The summed E-state index contributed by atoms with van der Waals surface area (Å²) in [5.74, 6) is -0.191. The normalized spacial score (nSPS) is 18.5. The average Bonchev–Trinajstić information content (AvgIpc) is 2.81. The molecule has 1 N–H and O–H groups in total. The van der Waals surface area contributed by atoms with E-state index < -0.39 is 23.8 Å². The van der Waals surface area contributed by atoms with Gasteiger partial charge in [0.1, 0.15) is 6.54 Å². The minimum absolute atomic E-state index is 0.176. The van der Waals surface area contributed by atoms with Crippen molar-refractivity contribution in [2.45, 2.75) is 38.0 Å². The quantitative estimate of drug-likeness (QED) is 0.458. The molecule has 2 heterocycles. The maximum absolute atomic E-state index is 12.9. The minimum atomic E-state index is -4.51. The van der Waals surface area contributed by atoms with Crippen LogP contribution >= 0.6 is 11.6 Å². The van der Waals surface area contributed by atoms with Crippen LogP contribution in [0.3, 0.4) is 0 Å². The van der Waals surface area contributed by atoms with Gasteiger partial charge in [0, 0.05) is 35.4 Å². The molecule has 9 heteroatoms. The summed E-state index contributed by atoms with van der Waals surface area (Å²) in [7, 11) is 0. The number of fused-ring (bicyclic) bond motifs is 1. The van der Waals surface area contributed by atoms with Crippen molar-refractivity contribution in [3.05, 3.63) is 87.8 Å². The molecule has 184 valence electrons. The van der Waals surface area contributed by atoms with E-state index in [1.165, 1.54) is 12.1 Å². The number of benzene rings is 2. The lowest BCUT2D eigenvalue weighted by Crippen LogP contribution is -2.52. The number of alkyl halides is 3. The van der Waals surface area contributed by atoms with Crippen LogP contribution in [0.1, 0.15) is 24.0 Å². The molecule has 2 aromatic carbocycles. The molecule has 1 aliphatic heterocycles. The van der Waals surface area contributed by atoms with Gasteiger partial charge in [0.25, 0.3) is 5.56 Å². The Morgan fingerprint density at radius 3 is 2.74 bits per heavy atom. The van der Waals surface area contributed by atoms with Gasteiger partial charge in [0.05, 0.1) is 5.54 Å². The summed E-state index contributed by atoms with van der Waals surface area (Å²) in [4.78, 5) is 27.0. The fourth-order valence-corrected chi connectivity index (χ4v) is 5.01.